The van der Waals surface area contributed by atoms with Gasteiger partial charge in [0.2, 0.25) is 0 Å². The largest absolute Gasteiger partial charge is 0.417 e. The topological polar surface area (TPSA) is 0 Å². The van der Waals surface area contributed by atoms with Crippen molar-refractivity contribution in [2.45, 2.75) is 6.18 Å². The Morgan fingerprint density at radius 3 is 2.13 bits per heavy atom. The minimum absolute atomic E-state index is 0.285. The molecule has 0 N–H and O–H groups in total. The SMILES string of the molecule is FC(F)(F)c1cccc2cccc(I)c12. The zero-order valence-electron chi connectivity index (χ0n) is 7.48. The molecule has 0 bridgehead atoms. The summed E-state index contributed by atoms with van der Waals surface area (Å²) in [4.78, 5) is 0. The lowest BCUT2D eigenvalue weighted by atomic mass is 10.0. The van der Waals surface area contributed by atoms with Gasteiger partial charge in [0.05, 0.1) is 5.56 Å². The van der Waals surface area contributed by atoms with E-state index in [1.165, 1.54) is 6.07 Å². The predicted octanol–water partition coefficient (Wildman–Crippen LogP) is 4.46. The van der Waals surface area contributed by atoms with Gasteiger partial charge in [-0.1, -0.05) is 24.3 Å². The third kappa shape index (κ3) is 1.95. The highest BCUT2D eigenvalue weighted by Gasteiger charge is 2.32. The van der Waals surface area contributed by atoms with Gasteiger partial charge in [0.25, 0.3) is 0 Å². The first kappa shape index (κ1) is 10.7. The molecule has 2 rings (SSSR count). The van der Waals surface area contributed by atoms with Gasteiger partial charge in [0, 0.05) is 8.96 Å². The van der Waals surface area contributed by atoms with Crippen molar-refractivity contribution in [2.24, 2.45) is 0 Å². The number of halogens is 4. The second kappa shape index (κ2) is 3.66. The van der Waals surface area contributed by atoms with Gasteiger partial charge < -0.3 is 0 Å². The van der Waals surface area contributed by atoms with Gasteiger partial charge in [-0.2, -0.15) is 13.2 Å². The van der Waals surface area contributed by atoms with E-state index in [4.69, 9.17) is 0 Å². The second-order valence-corrected chi connectivity index (χ2v) is 4.30. The van der Waals surface area contributed by atoms with E-state index < -0.39 is 11.7 Å². The fourth-order valence-electron chi connectivity index (χ4n) is 1.53. The van der Waals surface area contributed by atoms with Gasteiger partial charge in [-0.25, -0.2) is 0 Å². The van der Waals surface area contributed by atoms with E-state index >= 15 is 0 Å². The fraction of sp³-hybridized carbons (Fsp3) is 0.0909. The normalized spacial score (nSPS) is 12.0. The maximum absolute atomic E-state index is 12.7. The Bertz CT molecular complexity index is 497. The standard InChI is InChI=1S/C11H6F3I/c12-11(13,14)8-5-1-3-7-4-2-6-9(15)10(7)8/h1-6H. The molecule has 2 aromatic carbocycles. The molecule has 2 aromatic rings. The molecule has 0 atom stereocenters. The Labute approximate surface area is 98.2 Å². The Kier molecular flexibility index (Phi) is 2.62. The highest BCUT2D eigenvalue weighted by molar-refractivity contribution is 14.1. The van der Waals surface area contributed by atoms with Crippen LogP contribution in [0.3, 0.4) is 0 Å². The van der Waals surface area contributed by atoms with E-state index in [9.17, 15) is 13.2 Å². The van der Waals surface area contributed by atoms with Crippen molar-refractivity contribution in [3.05, 3.63) is 45.5 Å². The summed E-state index contributed by atoms with van der Waals surface area (Å²) in [7, 11) is 0. The molecule has 0 aliphatic heterocycles. The van der Waals surface area contributed by atoms with E-state index in [1.54, 1.807) is 24.3 Å². The fourth-order valence-corrected chi connectivity index (χ4v) is 2.34. The summed E-state index contributed by atoms with van der Waals surface area (Å²) in [5.74, 6) is 0. The Morgan fingerprint density at radius 2 is 1.53 bits per heavy atom. The highest BCUT2D eigenvalue weighted by Crippen LogP contribution is 2.36. The van der Waals surface area contributed by atoms with Gasteiger partial charge >= 0.3 is 6.18 Å². The molecule has 0 spiro atoms. The Morgan fingerprint density at radius 1 is 0.933 bits per heavy atom. The van der Waals surface area contributed by atoms with Crippen molar-refractivity contribution in [3.63, 3.8) is 0 Å². The summed E-state index contributed by atoms with van der Waals surface area (Å²) in [6.07, 6.45) is -4.29. The maximum atomic E-state index is 12.7. The van der Waals surface area contributed by atoms with Crippen LogP contribution in [-0.4, -0.2) is 0 Å². The molecular weight excluding hydrogens is 316 g/mol. The third-order valence-corrected chi connectivity index (χ3v) is 3.06. The number of alkyl halides is 3. The number of hydrogen-bond acceptors (Lipinski definition) is 0. The van der Waals surface area contributed by atoms with Gasteiger partial charge in [0.15, 0.2) is 0 Å². The van der Waals surface area contributed by atoms with Crippen LogP contribution in [-0.2, 0) is 6.18 Å². The Balaban J connectivity index is 2.86. The zero-order valence-corrected chi connectivity index (χ0v) is 9.63. The van der Waals surface area contributed by atoms with E-state index in [-0.39, 0.29) is 5.39 Å². The first-order valence-electron chi connectivity index (χ1n) is 4.24. The van der Waals surface area contributed by atoms with Gasteiger partial charge in [0.1, 0.15) is 0 Å². The van der Waals surface area contributed by atoms with Crippen LogP contribution in [0.5, 0.6) is 0 Å². The monoisotopic (exact) mass is 322 g/mol. The molecule has 0 amide bonds. The lowest BCUT2D eigenvalue weighted by Gasteiger charge is -2.11. The van der Waals surface area contributed by atoms with Crippen LogP contribution < -0.4 is 0 Å². The molecule has 0 fully saturated rings. The first-order valence-corrected chi connectivity index (χ1v) is 5.32. The van der Waals surface area contributed by atoms with Crippen molar-refractivity contribution in [3.8, 4) is 0 Å². The first-order chi connectivity index (χ1) is 7.00. The lowest BCUT2D eigenvalue weighted by Crippen LogP contribution is -2.06. The maximum Gasteiger partial charge on any atom is 0.417 e. The quantitative estimate of drug-likeness (QED) is 0.628. The van der Waals surface area contributed by atoms with Gasteiger partial charge in [-0.3, -0.25) is 0 Å². The summed E-state index contributed by atoms with van der Waals surface area (Å²) >= 11 is 1.92. The molecule has 0 radical (unpaired) electrons. The molecule has 78 valence electrons. The lowest BCUT2D eigenvalue weighted by molar-refractivity contribution is -0.136. The number of rotatable bonds is 0. The molecule has 0 saturated carbocycles. The molecule has 0 saturated heterocycles. The van der Waals surface area contributed by atoms with E-state index in [2.05, 4.69) is 0 Å². The molecular formula is C11H6F3I. The van der Waals surface area contributed by atoms with Crippen LogP contribution in [0.4, 0.5) is 13.2 Å². The summed E-state index contributed by atoms with van der Waals surface area (Å²) in [5.41, 5.74) is -0.565. The van der Waals surface area contributed by atoms with E-state index in [0.29, 0.717) is 8.96 Å². The highest BCUT2D eigenvalue weighted by atomic mass is 127. The summed E-state index contributed by atoms with van der Waals surface area (Å²) in [6, 6.07) is 9.35. The van der Waals surface area contributed by atoms with Gasteiger partial charge in [-0.05, 0) is 40.1 Å². The molecule has 0 aromatic heterocycles. The molecule has 0 unspecified atom stereocenters. The predicted molar refractivity (Wildman–Crippen MR) is 61.7 cm³/mol. The molecule has 0 aliphatic carbocycles. The zero-order chi connectivity index (χ0) is 11.1. The van der Waals surface area contributed by atoms with Gasteiger partial charge in [-0.15, -0.1) is 0 Å². The molecule has 0 nitrogen and oxygen atoms in total. The summed E-state index contributed by atoms with van der Waals surface area (Å²) in [6.45, 7) is 0. The van der Waals surface area contributed by atoms with Crippen LogP contribution in [0.2, 0.25) is 0 Å². The van der Waals surface area contributed by atoms with Crippen molar-refractivity contribution in [1.82, 2.24) is 0 Å². The minimum atomic E-state index is -4.29. The van der Waals surface area contributed by atoms with Crippen molar-refractivity contribution in [1.29, 1.82) is 0 Å². The molecule has 0 heterocycles. The van der Waals surface area contributed by atoms with Crippen molar-refractivity contribution < 1.29 is 13.2 Å². The second-order valence-electron chi connectivity index (χ2n) is 3.14. The Hall–Kier alpha value is -0.780. The van der Waals surface area contributed by atoms with E-state index in [0.717, 1.165) is 6.07 Å². The van der Waals surface area contributed by atoms with Crippen LogP contribution in [0.25, 0.3) is 10.8 Å². The smallest absolute Gasteiger partial charge is 0.166 e. The molecule has 0 aliphatic rings. The average Bonchev–Trinajstić information content (AvgIpc) is 2.16. The van der Waals surface area contributed by atoms with Crippen LogP contribution in [0, 0.1) is 3.57 Å². The third-order valence-electron chi connectivity index (χ3n) is 2.16. The molecule has 15 heavy (non-hydrogen) atoms. The van der Waals surface area contributed by atoms with Crippen molar-refractivity contribution >= 4 is 33.4 Å². The number of benzene rings is 2. The number of hydrogen-bond donors (Lipinski definition) is 0. The van der Waals surface area contributed by atoms with Crippen LogP contribution >= 0.6 is 22.6 Å². The molecule has 4 heteroatoms. The van der Waals surface area contributed by atoms with E-state index in [1.807, 2.05) is 22.6 Å². The summed E-state index contributed by atoms with van der Waals surface area (Å²) < 4.78 is 38.7. The van der Waals surface area contributed by atoms with Crippen molar-refractivity contribution in [2.75, 3.05) is 0 Å². The average molecular weight is 322 g/mol. The minimum Gasteiger partial charge on any atom is -0.166 e. The van der Waals surface area contributed by atoms with Crippen LogP contribution in [0.1, 0.15) is 5.56 Å². The summed E-state index contributed by atoms with van der Waals surface area (Å²) in [5, 5.41) is 0.907. The number of fused-ring (bicyclic) bond motifs is 1. The van der Waals surface area contributed by atoms with Crippen LogP contribution in [0.15, 0.2) is 36.4 Å².